The largest absolute Gasteiger partial charge is 0.484 e. The number of carboxylic acids is 1. The first-order chi connectivity index (χ1) is 8.63. The average Bonchev–Trinajstić information content (AvgIpc) is 2.75. The van der Waals surface area contributed by atoms with Crippen molar-refractivity contribution in [1.82, 2.24) is 4.98 Å². The van der Waals surface area contributed by atoms with E-state index in [0.29, 0.717) is 11.6 Å². The lowest BCUT2D eigenvalue weighted by molar-refractivity contribution is -0.136. The van der Waals surface area contributed by atoms with E-state index in [1.54, 1.807) is 0 Å². The number of aryl methyl sites for hydroxylation is 1. The van der Waals surface area contributed by atoms with Gasteiger partial charge in [0.2, 0.25) is 5.89 Å². The molecule has 0 saturated heterocycles. The number of benzene rings is 1. The quantitative estimate of drug-likeness (QED) is 0.876. The van der Waals surface area contributed by atoms with Gasteiger partial charge in [-0.2, -0.15) is 0 Å². The lowest BCUT2D eigenvalue weighted by Crippen LogP contribution is -2.01. The third-order valence-electron chi connectivity index (χ3n) is 2.31. The van der Waals surface area contributed by atoms with Gasteiger partial charge in [0.25, 0.3) is 0 Å². The summed E-state index contributed by atoms with van der Waals surface area (Å²) in [4.78, 5) is 14.5. The molecular formula is C13H13NO4. The lowest BCUT2D eigenvalue weighted by Gasteiger charge is -2.03. The van der Waals surface area contributed by atoms with Gasteiger partial charge in [0.15, 0.2) is 6.61 Å². The Morgan fingerprint density at radius 1 is 1.39 bits per heavy atom. The van der Waals surface area contributed by atoms with Crippen LogP contribution in [0, 0.1) is 6.92 Å². The molecule has 0 aliphatic rings. The normalized spacial score (nSPS) is 10.3. The minimum Gasteiger partial charge on any atom is -0.484 e. The molecule has 2 aromatic rings. The van der Waals surface area contributed by atoms with Crippen molar-refractivity contribution >= 4 is 5.97 Å². The molecule has 1 aromatic carbocycles. The zero-order chi connectivity index (χ0) is 13.0. The molecule has 2 rings (SSSR count). The van der Waals surface area contributed by atoms with Crippen LogP contribution in [0.1, 0.15) is 17.1 Å². The number of hydrogen-bond acceptors (Lipinski definition) is 4. The Bertz CT molecular complexity index is 530. The molecule has 0 aliphatic heterocycles. The highest BCUT2D eigenvalue weighted by Gasteiger charge is 2.08. The fourth-order valence-corrected chi connectivity index (χ4v) is 1.43. The topological polar surface area (TPSA) is 72.6 Å². The molecule has 18 heavy (non-hydrogen) atoms. The Balaban J connectivity index is 1.92. The first kappa shape index (κ1) is 12.2. The highest BCUT2D eigenvalue weighted by molar-refractivity contribution is 5.69. The van der Waals surface area contributed by atoms with E-state index in [2.05, 4.69) is 4.98 Å². The molecule has 0 bridgehead atoms. The molecule has 0 unspecified atom stereocenters. The van der Waals surface area contributed by atoms with Crippen LogP contribution in [-0.4, -0.2) is 16.1 Å². The number of rotatable bonds is 5. The molecule has 0 radical (unpaired) electrons. The van der Waals surface area contributed by atoms with E-state index in [1.807, 2.05) is 31.2 Å². The number of aromatic nitrogens is 1. The van der Waals surface area contributed by atoms with Gasteiger partial charge in [0, 0.05) is 0 Å². The van der Waals surface area contributed by atoms with Crippen molar-refractivity contribution in [1.29, 1.82) is 0 Å². The van der Waals surface area contributed by atoms with Gasteiger partial charge in [-0.25, -0.2) is 4.98 Å². The fourth-order valence-electron chi connectivity index (χ4n) is 1.43. The van der Waals surface area contributed by atoms with E-state index in [-0.39, 0.29) is 13.0 Å². The van der Waals surface area contributed by atoms with Gasteiger partial charge in [0.05, 0.1) is 12.1 Å². The maximum atomic E-state index is 10.5. The molecule has 0 aliphatic carbocycles. The first-order valence-electron chi connectivity index (χ1n) is 5.48. The maximum absolute atomic E-state index is 10.5. The zero-order valence-electron chi connectivity index (χ0n) is 9.92. The lowest BCUT2D eigenvalue weighted by atomic mass is 10.2. The van der Waals surface area contributed by atoms with Crippen molar-refractivity contribution < 1.29 is 19.1 Å². The molecule has 0 saturated carbocycles. The standard InChI is InChI=1S/C13H13NO4/c1-9-2-4-11(5-3-9)17-8-12-14-10(7-18-12)6-13(15)16/h2-5,7H,6,8H2,1H3,(H,15,16). The minimum atomic E-state index is -0.936. The van der Waals surface area contributed by atoms with E-state index >= 15 is 0 Å². The van der Waals surface area contributed by atoms with Crippen molar-refractivity contribution in [3.8, 4) is 5.75 Å². The molecule has 5 nitrogen and oxygen atoms in total. The van der Waals surface area contributed by atoms with Crippen LogP contribution < -0.4 is 4.74 Å². The number of carbonyl (C=O) groups is 1. The molecular weight excluding hydrogens is 234 g/mol. The second-order valence-electron chi connectivity index (χ2n) is 3.90. The van der Waals surface area contributed by atoms with E-state index in [0.717, 1.165) is 11.3 Å². The summed E-state index contributed by atoms with van der Waals surface area (Å²) in [7, 11) is 0. The average molecular weight is 247 g/mol. The second kappa shape index (κ2) is 5.35. The van der Waals surface area contributed by atoms with Crippen LogP contribution in [0.3, 0.4) is 0 Å². The Kier molecular flexibility index (Phi) is 3.62. The zero-order valence-corrected chi connectivity index (χ0v) is 9.92. The van der Waals surface area contributed by atoms with Gasteiger partial charge < -0.3 is 14.3 Å². The summed E-state index contributed by atoms with van der Waals surface area (Å²) in [6.07, 6.45) is 1.19. The van der Waals surface area contributed by atoms with Crippen LogP contribution in [0.15, 0.2) is 34.9 Å². The molecule has 0 spiro atoms. The van der Waals surface area contributed by atoms with Gasteiger partial charge in [-0.15, -0.1) is 0 Å². The van der Waals surface area contributed by atoms with Crippen molar-refractivity contribution in [2.45, 2.75) is 20.0 Å². The highest BCUT2D eigenvalue weighted by Crippen LogP contribution is 2.13. The van der Waals surface area contributed by atoms with Crippen LogP contribution in [-0.2, 0) is 17.8 Å². The van der Waals surface area contributed by atoms with Crippen molar-refractivity contribution in [3.05, 3.63) is 47.7 Å². The Morgan fingerprint density at radius 3 is 2.78 bits per heavy atom. The van der Waals surface area contributed by atoms with Crippen LogP contribution >= 0.6 is 0 Å². The summed E-state index contributed by atoms with van der Waals surface area (Å²) in [5, 5.41) is 8.60. The molecule has 5 heteroatoms. The maximum Gasteiger partial charge on any atom is 0.309 e. The summed E-state index contributed by atoms with van der Waals surface area (Å²) >= 11 is 0. The SMILES string of the molecule is Cc1ccc(OCc2nc(CC(=O)O)co2)cc1. The molecule has 0 fully saturated rings. The van der Waals surface area contributed by atoms with Crippen molar-refractivity contribution in [2.24, 2.45) is 0 Å². The summed E-state index contributed by atoms with van der Waals surface area (Å²) in [5.74, 6) is 0.153. The first-order valence-corrected chi connectivity index (χ1v) is 5.48. The highest BCUT2D eigenvalue weighted by atomic mass is 16.5. The number of ether oxygens (including phenoxy) is 1. The third kappa shape index (κ3) is 3.35. The number of nitrogens with zero attached hydrogens (tertiary/aromatic N) is 1. The van der Waals surface area contributed by atoms with Gasteiger partial charge in [-0.05, 0) is 19.1 Å². The number of hydrogen-bond donors (Lipinski definition) is 1. The summed E-state index contributed by atoms with van der Waals surface area (Å²) in [6.45, 7) is 2.18. The summed E-state index contributed by atoms with van der Waals surface area (Å²) in [5.41, 5.74) is 1.55. The van der Waals surface area contributed by atoms with Crippen LogP contribution in [0.2, 0.25) is 0 Å². The van der Waals surface area contributed by atoms with Crippen LogP contribution in [0.4, 0.5) is 0 Å². The summed E-state index contributed by atoms with van der Waals surface area (Å²) < 4.78 is 10.6. The Morgan fingerprint density at radius 2 is 2.11 bits per heavy atom. The van der Waals surface area contributed by atoms with E-state index < -0.39 is 5.97 Å². The molecule has 1 aromatic heterocycles. The van der Waals surface area contributed by atoms with Crippen molar-refractivity contribution in [2.75, 3.05) is 0 Å². The predicted molar refractivity (Wildman–Crippen MR) is 63.4 cm³/mol. The summed E-state index contributed by atoms with van der Waals surface area (Å²) in [6, 6.07) is 7.61. The van der Waals surface area contributed by atoms with Gasteiger partial charge in [-0.1, -0.05) is 17.7 Å². The van der Waals surface area contributed by atoms with E-state index in [9.17, 15) is 4.79 Å². The fraction of sp³-hybridized carbons (Fsp3) is 0.231. The van der Waals surface area contributed by atoms with Gasteiger partial charge >= 0.3 is 5.97 Å². The van der Waals surface area contributed by atoms with E-state index in [4.69, 9.17) is 14.3 Å². The van der Waals surface area contributed by atoms with Gasteiger partial charge in [0.1, 0.15) is 12.0 Å². The Hall–Kier alpha value is -2.30. The smallest absolute Gasteiger partial charge is 0.309 e. The number of aliphatic carboxylic acids is 1. The molecule has 0 atom stereocenters. The molecule has 1 heterocycles. The molecule has 94 valence electrons. The monoisotopic (exact) mass is 247 g/mol. The second-order valence-corrected chi connectivity index (χ2v) is 3.90. The minimum absolute atomic E-state index is 0.145. The van der Waals surface area contributed by atoms with Crippen LogP contribution in [0.25, 0.3) is 0 Å². The number of carboxylic acid groups (broad SMARTS) is 1. The predicted octanol–water partition coefficient (Wildman–Crippen LogP) is 2.19. The molecule has 0 amide bonds. The van der Waals surface area contributed by atoms with Crippen molar-refractivity contribution in [3.63, 3.8) is 0 Å². The van der Waals surface area contributed by atoms with Crippen LogP contribution in [0.5, 0.6) is 5.75 Å². The van der Waals surface area contributed by atoms with Gasteiger partial charge in [-0.3, -0.25) is 4.79 Å². The molecule has 1 N–H and O–H groups in total. The third-order valence-corrected chi connectivity index (χ3v) is 2.31. The Labute approximate surface area is 104 Å². The number of oxazole rings is 1. The van der Waals surface area contributed by atoms with E-state index in [1.165, 1.54) is 6.26 Å².